The smallest absolute Gasteiger partial charge is 0.193 e. The Morgan fingerprint density at radius 1 is 0.567 bits per heavy atom. The first-order valence-electron chi connectivity index (χ1n) is 9.40. The highest BCUT2D eigenvalue weighted by Gasteiger charge is 2.15. The van der Waals surface area contributed by atoms with Gasteiger partial charge >= 0.3 is 0 Å². The molecule has 148 valence electrons. The van der Waals surface area contributed by atoms with Crippen LogP contribution in [0, 0.1) is 0 Å². The van der Waals surface area contributed by atoms with Gasteiger partial charge in [0.1, 0.15) is 11.5 Å². The topological polar surface area (TPSA) is 87.6 Å². The lowest BCUT2D eigenvalue weighted by molar-refractivity contribution is 0.103. The summed E-state index contributed by atoms with van der Waals surface area (Å²) in [6, 6.07) is 28.5. The first-order valence-corrected chi connectivity index (χ1v) is 9.40. The number of anilines is 2. The van der Waals surface area contributed by atoms with E-state index < -0.39 is 0 Å². The molecule has 4 aromatic rings. The minimum absolute atomic E-state index is 0.189. The fraction of sp³-hybridized carbons (Fsp3) is 0. The quantitative estimate of drug-likeness (QED) is 0.324. The zero-order chi connectivity index (χ0) is 20.9. The molecule has 0 saturated carbocycles. The van der Waals surface area contributed by atoms with E-state index in [9.17, 15) is 4.79 Å². The Labute approximate surface area is 174 Å². The molecule has 4 rings (SSSR count). The summed E-state index contributed by atoms with van der Waals surface area (Å²) in [6.07, 6.45) is 0. The average molecular weight is 396 g/mol. The number of carbonyl (C=O) groups is 1. The fourth-order valence-electron chi connectivity index (χ4n) is 2.93. The summed E-state index contributed by atoms with van der Waals surface area (Å²) in [5, 5.41) is 0. The van der Waals surface area contributed by atoms with Crippen molar-refractivity contribution in [2.45, 2.75) is 0 Å². The SMILES string of the molecule is Nc1ccc(C(=O)c2ccc(N)c(Oc3ccccc3)c2)cc1Oc1ccccc1. The summed E-state index contributed by atoms with van der Waals surface area (Å²) < 4.78 is 11.7. The van der Waals surface area contributed by atoms with Crippen LogP contribution in [0.4, 0.5) is 11.4 Å². The van der Waals surface area contributed by atoms with E-state index in [2.05, 4.69) is 0 Å². The predicted octanol–water partition coefficient (Wildman–Crippen LogP) is 5.67. The Balaban J connectivity index is 1.61. The van der Waals surface area contributed by atoms with E-state index in [4.69, 9.17) is 20.9 Å². The Bertz CT molecular complexity index is 1080. The lowest BCUT2D eigenvalue weighted by Gasteiger charge is -2.12. The number of nitrogen functional groups attached to an aromatic ring is 2. The van der Waals surface area contributed by atoms with E-state index in [0.717, 1.165) is 0 Å². The van der Waals surface area contributed by atoms with Gasteiger partial charge in [-0.25, -0.2) is 0 Å². The summed E-state index contributed by atoms with van der Waals surface area (Å²) in [6.45, 7) is 0. The van der Waals surface area contributed by atoms with Crippen LogP contribution >= 0.6 is 0 Å². The molecule has 0 amide bonds. The third kappa shape index (κ3) is 4.25. The third-order valence-corrected chi connectivity index (χ3v) is 4.49. The van der Waals surface area contributed by atoms with Gasteiger partial charge in [-0.05, 0) is 60.7 Å². The highest BCUT2D eigenvalue weighted by Crippen LogP contribution is 2.32. The van der Waals surface area contributed by atoms with Crippen LogP contribution in [0.1, 0.15) is 15.9 Å². The normalized spacial score (nSPS) is 10.4. The Kier molecular flexibility index (Phi) is 5.35. The van der Waals surface area contributed by atoms with Crippen LogP contribution in [0.5, 0.6) is 23.0 Å². The zero-order valence-corrected chi connectivity index (χ0v) is 16.1. The molecule has 4 N–H and O–H groups in total. The van der Waals surface area contributed by atoms with Crippen molar-refractivity contribution in [1.82, 2.24) is 0 Å². The largest absolute Gasteiger partial charge is 0.455 e. The van der Waals surface area contributed by atoms with Crippen molar-refractivity contribution in [3.63, 3.8) is 0 Å². The molecule has 5 nitrogen and oxygen atoms in total. The van der Waals surface area contributed by atoms with Crippen molar-refractivity contribution in [3.8, 4) is 23.0 Å². The van der Waals surface area contributed by atoms with Crippen molar-refractivity contribution in [3.05, 3.63) is 108 Å². The number of hydrogen-bond acceptors (Lipinski definition) is 5. The van der Waals surface area contributed by atoms with Gasteiger partial charge in [0.05, 0.1) is 11.4 Å². The van der Waals surface area contributed by atoms with E-state index >= 15 is 0 Å². The molecule has 0 spiro atoms. The molecule has 0 aromatic heterocycles. The fourth-order valence-corrected chi connectivity index (χ4v) is 2.93. The van der Waals surface area contributed by atoms with Crippen LogP contribution in [-0.4, -0.2) is 5.78 Å². The molecule has 0 aliphatic rings. The van der Waals surface area contributed by atoms with E-state index in [0.29, 0.717) is 45.5 Å². The standard InChI is InChI=1S/C25H20N2O3/c26-21-13-11-17(15-23(21)29-19-7-3-1-4-8-19)25(28)18-12-14-22(27)24(16-18)30-20-9-5-2-6-10-20/h1-16H,26-27H2. The van der Waals surface area contributed by atoms with Crippen LogP contribution < -0.4 is 20.9 Å². The summed E-state index contributed by atoms with van der Waals surface area (Å²) >= 11 is 0. The third-order valence-electron chi connectivity index (χ3n) is 4.49. The highest BCUT2D eigenvalue weighted by molar-refractivity contribution is 6.10. The number of ether oxygens (including phenoxy) is 2. The maximum Gasteiger partial charge on any atom is 0.193 e. The molecule has 0 atom stereocenters. The minimum Gasteiger partial charge on any atom is -0.455 e. The summed E-state index contributed by atoms with van der Waals surface area (Å²) in [7, 11) is 0. The Morgan fingerprint density at radius 3 is 1.37 bits per heavy atom. The van der Waals surface area contributed by atoms with E-state index in [1.54, 1.807) is 36.4 Å². The number of para-hydroxylation sites is 2. The maximum absolute atomic E-state index is 13.1. The lowest BCUT2D eigenvalue weighted by Crippen LogP contribution is -2.04. The van der Waals surface area contributed by atoms with Gasteiger partial charge in [0.25, 0.3) is 0 Å². The van der Waals surface area contributed by atoms with Crippen molar-refractivity contribution in [2.24, 2.45) is 0 Å². The molecule has 0 heterocycles. The number of ketones is 1. The summed E-state index contributed by atoms with van der Waals surface area (Å²) in [4.78, 5) is 13.1. The Hall–Kier alpha value is -4.25. The summed E-state index contributed by atoms with van der Waals surface area (Å²) in [5.41, 5.74) is 13.9. The molecule has 0 unspecified atom stereocenters. The average Bonchev–Trinajstić information content (AvgIpc) is 2.78. The second-order valence-electron chi connectivity index (χ2n) is 6.66. The second-order valence-corrected chi connectivity index (χ2v) is 6.66. The van der Waals surface area contributed by atoms with Crippen LogP contribution in [0.3, 0.4) is 0 Å². The number of benzene rings is 4. The van der Waals surface area contributed by atoms with Crippen LogP contribution in [0.2, 0.25) is 0 Å². The molecule has 5 heteroatoms. The monoisotopic (exact) mass is 396 g/mol. The molecule has 0 radical (unpaired) electrons. The molecular weight excluding hydrogens is 376 g/mol. The molecule has 0 aliphatic heterocycles. The van der Waals surface area contributed by atoms with Gasteiger partial charge in [-0.15, -0.1) is 0 Å². The van der Waals surface area contributed by atoms with Gasteiger partial charge in [0.15, 0.2) is 17.3 Å². The number of rotatable bonds is 6. The van der Waals surface area contributed by atoms with Crippen molar-refractivity contribution in [2.75, 3.05) is 11.5 Å². The van der Waals surface area contributed by atoms with E-state index in [1.165, 1.54) is 0 Å². The Morgan fingerprint density at radius 2 is 0.967 bits per heavy atom. The van der Waals surface area contributed by atoms with E-state index in [-0.39, 0.29) is 5.78 Å². The van der Waals surface area contributed by atoms with Crippen molar-refractivity contribution < 1.29 is 14.3 Å². The van der Waals surface area contributed by atoms with Gasteiger partial charge in [0, 0.05) is 11.1 Å². The number of hydrogen-bond donors (Lipinski definition) is 2. The molecule has 0 saturated heterocycles. The summed E-state index contributed by atoms with van der Waals surface area (Å²) in [5.74, 6) is 1.93. The first-order chi connectivity index (χ1) is 14.6. The van der Waals surface area contributed by atoms with Crippen molar-refractivity contribution in [1.29, 1.82) is 0 Å². The zero-order valence-electron chi connectivity index (χ0n) is 16.1. The van der Waals surface area contributed by atoms with Gasteiger partial charge in [-0.1, -0.05) is 36.4 Å². The maximum atomic E-state index is 13.1. The van der Waals surface area contributed by atoms with Gasteiger partial charge in [-0.3, -0.25) is 4.79 Å². The molecule has 30 heavy (non-hydrogen) atoms. The number of nitrogens with two attached hydrogens (primary N) is 2. The van der Waals surface area contributed by atoms with Gasteiger partial charge in [-0.2, -0.15) is 0 Å². The molecule has 0 bridgehead atoms. The van der Waals surface area contributed by atoms with Crippen LogP contribution in [0.25, 0.3) is 0 Å². The number of carbonyl (C=O) groups excluding carboxylic acids is 1. The van der Waals surface area contributed by atoms with Crippen molar-refractivity contribution >= 4 is 17.2 Å². The minimum atomic E-state index is -0.189. The molecule has 4 aromatic carbocycles. The van der Waals surface area contributed by atoms with Crippen LogP contribution in [0.15, 0.2) is 97.1 Å². The molecule has 0 aliphatic carbocycles. The molecule has 0 fully saturated rings. The van der Waals surface area contributed by atoms with Gasteiger partial charge in [0.2, 0.25) is 0 Å². The molecular formula is C25H20N2O3. The lowest BCUT2D eigenvalue weighted by atomic mass is 10.0. The van der Waals surface area contributed by atoms with Gasteiger partial charge < -0.3 is 20.9 Å². The second kappa shape index (κ2) is 8.41. The first kappa shape index (κ1) is 19.1. The van der Waals surface area contributed by atoms with Crippen LogP contribution in [-0.2, 0) is 0 Å². The highest BCUT2D eigenvalue weighted by atomic mass is 16.5. The predicted molar refractivity (Wildman–Crippen MR) is 118 cm³/mol. The van der Waals surface area contributed by atoms with E-state index in [1.807, 2.05) is 60.7 Å².